The van der Waals surface area contributed by atoms with Crippen LogP contribution in [-0.4, -0.2) is 34.9 Å². The Morgan fingerprint density at radius 2 is 2.50 bits per heavy atom. The van der Waals surface area contributed by atoms with Gasteiger partial charge in [-0.15, -0.1) is 0 Å². The van der Waals surface area contributed by atoms with E-state index in [4.69, 9.17) is 4.74 Å². The Labute approximate surface area is 82.0 Å². The molecule has 0 spiro atoms. The zero-order chi connectivity index (χ0) is 9.97. The number of amides is 1. The third-order valence-electron chi connectivity index (χ3n) is 2.29. The first-order valence-corrected chi connectivity index (χ1v) is 4.64. The minimum atomic E-state index is -0.259. The van der Waals surface area contributed by atoms with E-state index in [2.05, 4.69) is 10.4 Å². The molecule has 1 fully saturated rings. The summed E-state index contributed by atoms with van der Waals surface area (Å²) in [7, 11) is 0. The van der Waals surface area contributed by atoms with Crippen molar-refractivity contribution in [2.24, 2.45) is 0 Å². The summed E-state index contributed by atoms with van der Waals surface area (Å²) >= 11 is 0. The Morgan fingerprint density at radius 3 is 3.00 bits per heavy atom. The molecule has 0 aliphatic carbocycles. The average Bonchev–Trinajstić information content (AvgIpc) is 2.62. The van der Waals surface area contributed by atoms with Gasteiger partial charge in [-0.2, -0.15) is 5.10 Å². The maximum Gasteiger partial charge on any atom is 0.244 e. The summed E-state index contributed by atoms with van der Waals surface area (Å²) in [4.78, 5) is 11.6. The molecule has 1 N–H and O–H groups in total. The van der Waals surface area contributed by atoms with Crippen LogP contribution in [0.5, 0.6) is 0 Å². The molecule has 1 aromatic rings. The minimum absolute atomic E-state index is 0.0120. The fraction of sp³-hybridized carbons (Fsp3) is 0.556. The summed E-state index contributed by atoms with van der Waals surface area (Å²) in [5.41, 5.74) is 0. The Morgan fingerprint density at radius 1 is 1.71 bits per heavy atom. The van der Waals surface area contributed by atoms with E-state index in [1.807, 2.05) is 6.92 Å². The lowest BCUT2D eigenvalue weighted by Crippen LogP contribution is -2.50. The lowest BCUT2D eigenvalue weighted by Gasteiger charge is -2.28. The molecule has 1 aliphatic rings. The summed E-state index contributed by atoms with van der Waals surface area (Å²) in [6.45, 7) is 3.07. The molecule has 1 unspecified atom stereocenters. The first-order valence-electron chi connectivity index (χ1n) is 4.64. The molecule has 0 radical (unpaired) electrons. The molecule has 1 aliphatic heterocycles. The smallest absolute Gasteiger partial charge is 0.244 e. The second kappa shape index (κ2) is 3.79. The molecule has 1 atom stereocenters. The number of carbonyl (C=O) groups excluding carboxylic acids is 1. The summed E-state index contributed by atoms with van der Waals surface area (Å²) in [6.07, 6.45) is 3.44. The van der Waals surface area contributed by atoms with E-state index in [-0.39, 0.29) is 18.0 Å². The number of carbonyl (C=O) groups is 1. The second-order valence-electron chi connectivity index (χ2n) is 3.41. The van der Waals surface area contributed by atoms with Crippen molar-refractivity contribution in [3.8, 4) is 0 Å². The fourth-order valence-electron chi connectivity index (χ4n) is 1.27. The van der Waals surface area contributed by atoms with Crippen LogP contribution in [0.15, 0.2) is 18.5 Å². The molecule has 0 saturated carbocycles. The summed E-state index contributed by atoms with van der Waals surface area (Å²) in [5.74, 6) is -0.0120. The van der Waals surface area contributed by atoms with Gasteiger partial charge in [0.15, 0.2) is 0 Å². The van der Waals surface area contributed by atoms with Crippen molar-refractivity contribution >= 4 is 5.91 Å². The number of rotatable bonds is 3. The number of nitrogens with zero attached hydrogens (tertiary/aromatic N) is 2. The maximum absolute atomic E-state index is 11.6. The first kappa shape index (κ1) is 9.21. The number of hydrogen-bond donors (Lipinski definition) is 1. The monoisotopic (exact) mass is 195 g/mol. The van der Waals surface area contributed by atoms with Crippen molar-refractivity contribution in [3.63, 3.8) is 0 Å². The lowest BCUT2D eigenvalue weighted by molar-refractivity contribution is -0.128. The van der Waals surface area contributed by atoms with Gasteiger partial charge in [0.1, 0.15) is 6.04 Å². The molecule has 2 rings (SSSR count). The van der Waals surface area contributed by atoms with E-state index < -0.39 is 0 Å². The number of aromatic nitrogens is 2. The Balaban J connectivity index is 1.90. The van der Waals surface area contributed by atoms with Crippen LogP contribution in [0.1, 0.15) is 13.0 Å². The van der Waals surface area contributed by atoms with E-state index in [1.165, 1.54) is 0 Å². The van der Waals surface area contributed by atoms with Gasteiger partial charge in [-0.05, 0) is 13.0 Å². The molecular formula is C9H13N3O2. The molecule has 1 amide bonds. The number of nitrogens with one attached hydrogen (secondary N) is 1. The highest BCUT2D eigenvalue weighted by Crippen LogP contribution is 2.06. The Hall–Kier alpha value is -1.36. The van der Waals surface area contributed by atoms with Crippen LogP contribution in [0, 0.1) is 0 Å². The number of ether oxygens (including phenoxy) is 1. The van der Waals surface area contributed by atoms with E-state index >= 15 is 0 Å². The zero-order valence-electron chi connectivity index (χ0n) is 8.01. The highest BCUT2D eigenvalue weighted by Gasteiger charge is 2.23. The van der Waals surface area contributed by atoms with Gasteiger partial charge in [-0.1, -0.05) is 0 Å². The van der Waals surface area contributed by atoms with Crippen molar-refractivity contribution in [3.05, 3.63) is 18.5 Å². The average molecular weight is 195 g/mol. The van der Waals surface area contributed by atoms with Crippen molar-refractivity contribution in [1.29, 1.82) is 0 Å². The Bertz CT molecular complexity index is 306. The first-order chi connectivity index (χ1) is 6.77. The molecule has 1 aromatic heterocycles. The van der Waals surface area contributed by atoms with Crippen LogP contribution in [-0.2, 0) is 9.53 Å². The van der Waals surface area contributed by atoms with Crippen molar-refractivity contribution in [2.45, 2.75) is 19.0 Å². The standard InChI is InChI=1S/C9H13N3O2/c1-7(12-4-2-3-10-12)9(13)11-8-5-14-6-8/h2-4,7-8H,5-6H2,1H3,(H,11,13). The van der Waals surface area contributed by atoms with E-state index in [1.54, 1.807) is 23.1 Å². The van der Waals surface area contributed by atoms with Crippen LogP contribution >= 0.6 is 0 Å². The van der Waals surface area contributed by atoms with Gasteiger partial charge in [-0.3, -0.25) is 9.48 Å². The van der Waals surface area contributed by atoms with Crippen LogP contribution < -0.4 is 5.32 Å². The van der Waals surface area contributed by atoms with Gasteiger partial charge in [0, 0.05) is 12.4 Å². The highest BCUT2D eigenvalue weighted by atomic mass is 16.5. The largest absolute Gasteiger partial charge is 0.377 e. The minimum Gasteiger partial charge on any atom is -0.377 e. The van der Waals surface area contributed by atoms with Crippen molar-refractivity contribution in [2.75, 3.05) is 13.2 Å². The topological polar surface area (TPSA) is 56.1 Å². The molecule has 2 heterocycles. The molecule has 0 bridgehead atoms. The van der Waals surface area contributed by atoms with E-state index in [9.17, 15) is 4.79 Å². The van der Waals surface area contributed by atoms with Gasteiger partial charge in [-0.25, -0.2) is 0 Å². The van der Waals surface area contributed by atoms with Gasteiger partial charge in [0.05, 0.1) is 19.3 Å². The quantitative estimate of drug-likeness (QED) is 0.736. The third kappa shape index (κ3) is 1.77. The predicted molar refractivity (Wildman–Crippen MR) is 49.7 cm³/mol. The van der Waals surface area contributed by atoms with Gasteiger partial charge in [0.25, 0.3) is 0 Å². The molecular weight excluding hydrogens is 182 g/mol. The van der Waals surface area contributed by atoms with Crippen LogP contribution in [0.2, 0.25) is 0 Å². The summed E-state index contributed by atoms with van der Waals surface area (Å²) in [5, 5.41) is 6.89. The van der Waals surface area contributed by atoms with Gasteiger partial charge >= 0.3 is 0 Å². The normalized spacial score (nSPS) is 18.6. The second-order valence-corrected chi connectivity index (χ2v) is 3.41. The lowest BCUT2D eigenvalue weighted by atomic mass is 10.2. The van der Waals surface area contributed by atoms with E-state index in [0.29, 0.717) is 13.2 Å². The third-order valence-corrected chi connectivity index (χ3v) is 2.29. The molecule has 76 valence electrons. The zero-order valence-corrected chi connectivity index (χ0v) is 8.01. The summed E-state index contributed by atoms with van der Waals surface area (Å²) < 4.78 is 6.60. The van der Waals surface area contributed by atoms with Gasteiger partial charge < -0.3 is 10.1 Å². The van der Waals surface area contributed by atoms with E-state index in [0.717, 1.165) is 0 Å². The van der Waals surface area contributed by atoms with Crippen molar-refractivity contribution in [1.82, 2.24) is 15.1 Å². The fourth-order valence-corrected chi connectivity index (χ4v) is 1.27. The molecule has 5 nitrogen and oxygen atoms in total. The number of hydrogen-bond acceptors (Lipinski definition) is 3. The van der Waals surface area contributed by atoms with Crippen LogP contribution in [0.3, 0.4) is 0 Å². The predicted octanol–water partition coefficient (Wildman–Crippen LogP) is -0.0409. The summed E-state index contributed by atoms with van der Waals surface area (Å²) in [6, 6.07) is 1.72. The van der Waals surface area contributed by atoms with Crippen LogP contribution in [0.4, 0.5) is 0 Å². The Kier molecular flexibility index (Phi) is 2.49. The SMILES string of the molecule is CC(C(=O)NC1COC1)n1cccn1. The van der Waals surface area contributed by atoms with Crippen LogP contribution in [0.25, 0.3) is 0 Å². The molecule has 0 aromatic carbocycles. The molecule has 14 heavy (non-hydrogen) atoms. The molecule has 5 heteroatoms. The highest BCUT2D eigenvalue weighted by molar-refractivity contribution is 5.80. The molecule has 1 saturated heterocycles. The van der Waals surface area contributed by atoms with Crippen molar-refractivity contribution < 1.29 is 9.53 Å². The maximum atomic E-state index is 11.6. The van der Waals surface area contributed by atoms with Gasteiger partial charge in [0.2, 0.25) is 5.91 Å².